The number of aryl methyl sites for hydroxylation is 2. The molecule has 0 bridgehead atoms. The van der Waals surface area contributed by atoms with Gasteiger partial charge in [0.1, 0.15) is 0 Å². The molecule has 4 nitrogen and oxygen atoms in total. The van der Waals surface area contributed by atoms with Crippen molar-refractivity contribution in [2.45, 2.75) is 25.7 Å². The second kappa shape index (κ2) is 7.14. The van der Waals surface area contributed by atoms with Crippen molar-refractivity contribution in [1.82, 2.24) is 10.4 Å². The molecule has 0 atom stereocenters. The number of halogens is 2. The Morgan fingerprint density at radius 1 is 1.08 bits per heavy atom. The molecule has 3 aromatic rings. The van der Waals surface area contributed by atoms with Gasteiger partial charge in [-0.1, -0.05) is 29.3 Å². The third-order valence-corrected chi connectivity index (χ3v) is 5.42. The summed E-state index contributed by atoms with van der Waals surface area (Å²) in [5, 5.41) is 6.08. The molecule has 132 valence electrons. The molecule has 0 fully saturated rings. The highest BCUT2D eigenvalue weighted by molar-refractivity contribution is 6.42. The fraction of sp³-hybridized carbons (Fsp3) is 0.200. The number of carbonyl (C=O) groups is 1. The average Bonchev–Trinajstić information content (AvgIpc) is 3.02. The average molecular weight is 386 g/mol. The summed E-state index contributed by atoms with van der Waals surface area (Å²) in [6.07, 6.45) is 6.10. The molecule has 1 aliphatic carbocycles. The zero-order valence-corrected chi connectivity index (χ0v) is 15.5. The van der Waals surface area contributed by atoms with E-state index in [0.717, 1.165) is 29.3 Å². The molecule has 1 heterocycles. The van der Waals surface area contributed by atoms with Gasteiger partial charge in [-0.25, -0.2) is 5.43 Å². The molecule has 0 saturated heterocycles. The third-order valence-electron chi connectivity index (χ3n) is 4.68. The second-order valence-electron chi connectivity index (χ2n) is 6.42. The minimum absolute atomic E-state index is 0.242. The molecule has 2 aromatic carbocycles. The summed E-state index contributed by atoms with van der Waals surface area (Å²) in [7, 11) is 0. The molecule has 0 saturated carbocycles. The molecule has 0 unspecified atom stereocenters. The smallest absolute Gasteiger partial charge is 0.271 e. The van der Waals surface area contributed by atoms with Crippen LogP contribution in [-0.2, 0) is 12.8 Å². The molecule has 0 radical (unpaired) electrons. The molecule has 6 heteroatoms. The van der Waals surface area contributed by atoms with Crippen molar-refractivity contribution < 1.29 is 4.79 Å². The van der Waals surface area contributed by atoms with E-state index in [1.165, 1.54) is 30.3 Å². The van der Waals surface area contributed by atoms with Gasteiger partial charge in [-0.3, -0.25) is 4.79 Å². The topological polar surface area (TPSA) is 57.2 Å². The maximum absolute atomic E-state index is 12.4. The fourth-order valence-corrected chi connectivity index (χ4v) is 3.68. The molecule has 26 heavy (non-hydrogen) atoms. The molecule has 1 aromatic heterocycles. The van der Waals surface area contributed by atoms with E-state index in [0.29, 0.717) is 15.6 Å². The minimum Gasteiger partial charge on any atom is -0.358 e. The summed E-state index contributed by atoms with van der Waals surface area (Å²) in [5.74, 6) is -0.242. The number of rotatable bonds is 3. The molecule has 0 spiro atoms. The number of hydrazone groups is 1. The van der Waals surface area contributed by atoms with E-state index in [1.54, 1.807) is 18.2 Å². The van der Waals surface area contributed by atoms with Gasteiger partial charge in [0.15, 0.2) is 0 Å². The van der Waals surface area contributed by atoms with Gasteiger partial charge in [0.05, 0.1) is 16.3 Å². The van der Waals surface area contributed by atoms with Crippen LogP contribution in [0.1, 0.15) is 40.0 Å². The summed E-state index contributed by atoms with van der Waals surface area (Å²) in [5.41, 5.74) is 7.66. The molecular weight excluding hydrogens is 369 g/mol. The van der Waals surface area contributed by atoms with Crippen LogP contribution in [0.15, 0.2) is 41.5 Å². The van der Waals surface area contributed by atoms with Crippen LogP contribution < -0.4 is 5.43 Å². The first-order chi connectivity index (χ1) is 12.6. The Balaban J connectivity index is 1.52. The Bertz CT molecular complexity index is 1020. The third kappa shape index (κ3) is 3.35. The summed E-state index contributed by atoms with van der Waals surface area (Å²) in [4.78, 5) is 15.9. The maximum atomic E-state index is 12.4. The Kier molecular flexibility index (Phi) is 4.70. The van der Waals surface area contributed by atoms with Crippen LogP contribution in [-0.4, -0.2) is 17.1 Å². The van der Waals surface area contributed by atoms with Crippen LogP contribution in [0.5, 0.6) is 0 Å². The van der Waals surface area contributed by atoms with Crippen LogP contribution in [0.4, 0.5) is 0 Å². The second-order valence-corrected chi connectivity index (χ2v) is 7.24. The quantitative estimate of drug-likeness (QED) is 0.477. The fourth-order valence-electron chi connectivity index (χ4n) is 3.37. The van der Waals surface area contributed by atoms with Gasteiger partial charge in [0, 0.05) is 22.2 Å². The van der Waals surface area contributed by atoms with Gasteiger partial charge in [-0.15, -0.1) is 0 Å². The number of benzene rings is 2. The van der Waals surface area contributed by atoms with Crippen LogP contribution in [0.3, 0.4) is 0 Å². The van der Waals surface area contributed by atoms with Crippen LogP contribution in [0.25, 0.3) is 10.9 Å². The van der Waals surface area contributed by atoms with Crippen molar-refractivity contribution >= 4 is 46.2 Å². The molecule has 2 N–H and O–H groups in total. The maximum Gasteiger partial charge on any atom is 0.271 e. The lowest BCUT2D eigenvalue weighted by atomic mass is 9.95. The number of nitrogens with zero attached hydrogens (tertiary/aromatic N) is 1. The molecular formula is C20H17Cl2N3O. The Morgan fingerprint density at radius 2 is 1.92 bits per heavy atom. The van der Waals surface area contributed by atoms with Gasteiger partial charge in [-0.05, 0) is 67.1 Å². The number of nitrogens with one attached hydrogen (secondary N) is 2. The number of aromatic amines is 1. The zero-order chi connectivity index (χ0) is 18.1. The zero-order valence-electron chi connectivity index (χ0n) is 14.0. The number of H-pyrrole nitrogens is 1. The van der Waals surface area contributed by atoms with E-state index in [1.807, 2.05) is 18.2 Å². The molecule has 4 rings (SSSR count). The number of fused-ring (bicyclic) bond motifs is 3. The number of hydrogen-bond acceptors (Lipinski definition) is 2. The normalized spacial score (nSPS) is 13.9. The highest BCUT2D eigenvalue weighted by atomic mass is 35.5. The standard InChI is InChI=1S/C20H17Cl2N3O/c21-16-7-5-12(9-17(16)22)11-23-25-20(26)13-6-8-19-15(10-13)14-3-1-2-4-18(14)24-19/h5-11,24H,1-4H2,(H,25,26)/b23-11-. The number of aromatic nitrogens is 1. The lowest BCUT2D eigenvalue weighted by Crippen LogP contribution is -2.17. The minimum atomic E-state index is -0.242. The van der Waals surface area contributed by atoms with Crippen molar-refractivity contribution in [3.05, 3.63) is 68.8 Å². The first-order valence-corrected chi connectivity index (χ1v) is 9.29. The summed E-state index contributed by atoms with van der Waals surface area (Å²) < 4.78 is 0. The summed E-state index contributed by atoms with van der Waals surface area (Å²) in [6.45, 7) is 0. The first-order valence-electron chi connectivity index (χ1n) is 8.54. The van der Waals surface area contributed by atoms with Crippen molar-refractivity contribution in [3.63, 3.8) is 0 Å². The van der Waals surface area contributed by atoms with E-state index in [2.05, 4.69) is 15.5 Å². The van der Waals surface area contributed by atoms with Crippen molar-refractivity contribution in [3.8, 4) is 0 Å². The highest BCUT2D eigenvalue weighted by Crippen LogP contribution is 2.29. The first kappa shape index (κ1) is 17.1. The largest absolute Gasteiger partial charge is 0.358 e. The van der Waals surface area contributed by atoms with Crippen molar-refractivity contribution in [2.24, 2.45) is 5.10 Å². The molecule has 1 amide bonds. The molecule has 0 aliphatic heterocycles. The predicted octanol–water partition coefficient (Wildman–Crippen LogP) is 5.12. The van der Waals surface area contributed by atoms with E-state index in [4.69, 9.17) is 23.2 Å². The Hall–Kier alpha value is -2.30. The van der Waals surface area contributed by atoms with Crippen LogP contribution in [0.2, 0.25) is 10.0 Å². The van der Waals surface area contributed by atoms with Gasteiger partial charge >= 0.3 is 0 Å². The highest BCUT2D eigenvalue weighted by Gasteiger charge is 2.16. The lowest BCUT2D eigenvalue weighted by Gasteiger charge is -2.10. The van der Waals surface area contributed by atoms with Gasteiger partial charge in [0.2, 0.25) is 0 Å². The summed E-state index contributed by atoms with van der Waals surface area (Å²) >= 11 is 11.9. The number of carbonyl (C=O) groups excluding carboxylic acids is 1. The van der Waals surface area contributed by atoms with E-state index >= 15 is 0 Å². The van der Waals surface area contributed by atoms with Crippen LogP contribution >= 0.6 is 23.2 Å². The summed E-state index contributed by atoms with van der Waals surface area (Å²) in [6, 6.07) is 10.9. The Labute approximate surface area is 161 Å². The van der Waals surface area contributed by atoms with E-state index < -0.39 is 0 Å². The number of amides is 1. The molecule has 1 aliphatic rings. The van der Waals surface area contributed by atoms with Crippen molar-refractivity contribution in [2.75, 3.05) is 0 Å². The van der Waals surface area contributed by atoms with Gasteiger partial charge < -0.3 is 4.98 Å². The van der Waals surface area contributed by atoms with E-state index in [9.17, 15) is 4.79 Å². The van der Waals surface area contributed by atoms with Gasteiger partial charge in [0.25, 0.3) is 5.91 Å². The van der Waals surface area contributed by atoms with Crippen molar-refractivity contribution in [1.29, 1.82) is 0 Å². The monoisotopic (exact) mass is 385 g/mol. The Morgan fingerprint density at radius 3 is 2.77 bits per heavy atom. The predicted molar refractivity (Wildman–Crippen MR) is 106 cm³/mol. The van der Waals surface area contributed by atoms with Crippen LogP contribution in [0, 0.1) is 0 Å². The van der Waals surface area contributed by atoms with Gasteiger partial charge in [-0.2, -0.15) is 5.10 Å². The SMILES string of the molecule is O=C(N/N=C\c1ccc(Cl)c(Cl)c1)c1ccc2[nH]c3c(c2c1)CCCC3. The van der Waals surface area contributed by atoms with E-state index in [-0.39, 0.29) is 5.91 Å². The number of hydrogen-bond donors (Lipinski definition) is 2. The lowest BCUT2D eigenvalue weighted by molar-refractivity contribution is 0.0955.